The van der Waals surface area contributed by atoms with Crippen molar-refractivity contribution in [2.75, 3.05) is 32.8 Å². The third-order valence-corrected chi connectivity index (χ3v) is 4.40. The molecule has 0 bridgehead atoms. The van der Waals surface area contributed by atoms with Gasteiger partial charge < -0.3 is 24.6 Å². The Morgan fingerprint density at radius 2 is 1.48 bits per heavy atom. The Morgan fingerprint density at radius 1 is 0.920 bits per heavy atom. The zero-order valence-electron chi connectivity index (χ0n) is 15.8. The summed E-state index contributed by atoms with van der Waals surface area (Å²) in [5.41, 5.74) is 0. The van der Waals surface area contributed by atoms with E-state index < -0.39 is 11.9 Å². The van der Waals surface area contributed by atoms with Crippen LogP contribution in [0, 0.1) is 0 Å². The summed E-state index contributed by atoms with van der Waals surface area (Å²) in [5, 5.41) is 28.9. The summed E-state index contributed by atoms with van der Waals surface area (Å²) in [5.74, 6) is -1.89. The van der Waals surface area contributed by atoms with Gasteiger partial charge in [0.25, 0.3) is 0 Å². The van der Waals surface area contributed by atoms with E-state index in [9.17, 15) is 19.8 Å². The van der Waals surface area contributed by atoms with E-state index >= 15 is 0 Å². The van der Waals surface area contributed by atoms with Crippen molar-refractivity contribution in [2.24, 2.45) is 0 Å². The van der Waals surface area contributed by atoms with Crippen LogP contribution in [0.1, 0.15) is 57.8 Å². The van der Waals surface area contributed by atoms with Gasteiger partial charge in [-0.05, 0) is 32.1 Å². The number of quaternary nitrogens is 1. The van der Waals surface area contributed by atoms with E-state index in [1.165, 1.54) is 0 Å². The van der Waals surface area contributed by atoms with Crippen molar-refractivity contribution in [1.82, 2.24) is 0 Å². The second-order valence-electron chi connectivity index (χ2n) is 6.42. The van der Waals surface area contributed by atoms with E-state index in [0.29, 0.717) is 37.0 Å². The molecule has 0 aromatic rings. The molecule has 0 heterocycles. The number of allylic oxidation sites excluding steroid dienone is 1. The molecule has 0 fully saturated rings. The molecule has 0 aromatic heterocycles. The molecular weight excluding hydrogens is 333 g/mol. The number of carboxylic acids is 2. The standard InChI is InChI=1S/C18H33NO5.Na/c1-2-3-4-5-6-7-12-19(15-16-20,13-8-10-17(21)22)14-9-11-18(23)24;/h2,20H,1,3-16H2,(H-,21,22,23,24);/q;+1. The monoisotopic (exact) mass is 366 g/mol. The molecule has 0 rings (SSSR count). The van der Waals surface area contributed by atoms with Crippen LogP contribution in [0.4, 0.5) is 0 Å². The van der Waals surface area contributed by atoms with Crippen molar-refractivity contribution in [2.45, 2.75) is 57.8 Å². The van der Waals surface area contributed by atoms with Crippen LogP contribution < -0.4 is 34.7 Å². The molecule has 7 heteroatoms. The molecular formula is C18H33NNaO5+. The molecule has 0 aliphatic carbocycles. The van der Waals surface area contributed by atoms with Gasteiger partial charge >= 0.3 is 35.5 Å². The Kier molecular flexibility index (Phi) is 18.3. The summed E-state index contributed by atoms with van der Waals surface area (Å²) >= 11 is 0. The molecule has 25 heavy (non-hydrogen) atoms. The quantitative estimate of drug-likeness (QED) is 0.139. The summed E-state index contributed by atoms with van der Waals surface area (Å²) in [4.78, 5) is 21.4. The zero-order valence-corrected chi connectivity index (χ0v) is 17.8. The van der Waals surface area contributed by atoms with Crippen LogP contribution in [0.25, 0.3) is 0 Å². The van der Waals surface area contributed by atoms with Crippen LogP contribution in [0.15, 0.2) is 12.7 Å². The van der Waals surface area contributed by atoms with Crippen LogP contribution in [-0.2, 0) is 9.59 Å². The number of hydrogen-bond acceptors (Lipinski definition) is 4. The van der Waals surface area contributed by atoms with Crippen molar-refractivity contribution < 1.29 is 58.9 Å². The molecule has 2 N–H and O–H groups in total. The fourth-order valence-electron chi connectivity index (χ4n) is 3.10. The van der Waals surface area contributed by atoms with Crippen molar-refractivity contribution >= 4 is 11.9 Å². The van der Waals surface area contributed by atoms with Gasteiger partial charge in [-0.1, -0.05) is 12.5 Å². The minimum atomic E-state index is -1.06. The van der Waals surface area contributed by atoms with Gasteiger partial charge in [-0.2, -0.15) is 0 Å². The number of aliphatic hydroxyl groups is 1. The van der Waals surface area contributed by atoms with Crippen LogP contribution in [0.2, 0.25) is 0 Å². The molecule has 0 saturated carbocycles. The smallest absolute Gasteiger partial charge is 0.550 e. The molecule has 0 aliphatic rings. The first-order chi connectivity index (χ1) is 11.5. The van der Waals surface area contributed by atoms with Crippen molar-refractivity contribution in [3.8, 4) is 0 Å². The molecule has 0 aromatic carbocycles. The molecule has 6 nitrogen and oxygen atoms in total. The van der Waals surface area contributed by atoms with Gasteiger partial charge in [-0.3, -0.25) is 4.79 Å². The number of rotatable bonds is 17. The predicted octanol–water partition coefficient (Wildman–Crippen LogP) is -1.67. The SMILES string of the molecule is C=CCCCCCC[N+](CCO)(CCCC(=O)[O-])CCCC(=O)O.[Na+]. The van der Waals surface area contributed by atoms with Crippen molar-refractivity contribution in [1.29, 1.82) is 0 Å². The fraction of sp³-hybridized carbons (Fsp3) is 0.778. The van der Waals surface area contributed by atoms with Crippen LogP contribution in [0.5, 0.6) is 0 Å². The number of carbonyl (C=O) groups excluding carboxylic acids is 1. The number of carbonyl (C=O) groups is 2. The summed E-state index contributed by atoms with van der Waals surface area (Å²) in [6, 6.07) is 0. The molecule has 0 aliphatic heterocycles. The van der Waals surface area contributed by atoms with Gasteiger partial charge in [0.2, 0.25) is 0 Å². The van der Waals surface area contributed by atoms with E-state index in [4.69, 9.17) is 5.11 Å². The summed E-state index contributed by atoms with van der Waals surface area (Å²) in [7, 11) is 0. The second-order valence-corrected chi connectivity index (χ2v) is 6.42. The van der Waals surface area contributed by atoms with E-state index in [1.54, 1.807) is 0 Å². The number of hydrogen-bond donors (Lipinski definition) is 2. The Hall–Kier alpha value is -0.400. The van der Waals surface area contributed by atoms with E-state index in [-0.39, 0.29) is 49.0 Å². The third kappa shape index (κ3) is 15.6. The molecule has 1 unspecified atom stereocenters. The normalized spacial score (nSPS) is 12.8. The summed E-state index contributed by atoms with van der Waals surface area (Å²) < 4.78 is 0.596. The van der Waals surface area contributed by atoms with Crippen molar-refractivity contribution in [3.63, 3.8) is 0 Å². The molecule has 0 spiro atoms. The van der Waals surface area contributed by atoms with E-state index in [1.807, 2.05) is 6.08 Å². The predicted molar refractivity (Wildman–Crippen MR) is 91.2 cm³/mol. The van der Waals surface area contributed by atoms with Gasteiger partial charge in [0.15, 0.2) is 0 Å². The molecule has 0 radical (unpaired) electrons. The largest absolute Gasteiger partial charge is 1.00 e. The average Bonchev–Trinajstić information content (AvgIpc) is 2.50. The minimum Gasteiger partial charge on any atom is -0.550 e. The maximum Gasteiger partial charge on any atom is 1.00 e. The number of carboxylic acid groups (broad SMARTS) is 2. The summed E-state index contributed by atoms with van der Waals surface area (Å²) in [6.07, 6.45) is 8.39. The number of nitrogens with zero attached hydrogens (tertiary/aromatic N) is 1. The molecule has 0 saturated heterocycles. The van der Waals surface area contributed by atoms with E-state index in [2.05, 4.69) is 6.58 Å². The topological polar surface area (TPSA) is 97.7 Å². The average molecular weight is 366 g/mol. The van der Waals surface area contributed by atoms with Crippen molar-refractivity contribution in [3.05, 3.63) is 12.7 Å². The number of aliphatic carboxylic acids is 2. The molecule has 0 amide bonds. The molecule has 140 valence electrons. The van der Waals surface area contributed by atoms with Gasteiger partial charge in [0, 0.05) is 18.8 Å². The first-order valence-electron chi connectivity index (χ1n) is 8.94. The van der Waals surface area contributed by atoms with Gasteiger partial charge in [0.1, 0.15) is 6.54 Å². The van der Waals surface area contributed by atoms with Gasteiger partial charge in [0.05, 0.1) is 32.7 Å². The fourth-order valence-corrected chi connectivity index (χ4v) is 3.10. The van der Waals surface area contributed by atoms with E-state index in [0.717, 1.165) is 38.6 Å². The Morgan fingerprint density at radius 3 is 2.00 bits per heavy atom. The minimum absolute atomic E-state index is 0. The Bertz CT molecular complexity index is 356. The second kappa shape index (κ2) is 17.0. The Labute approximate surface area is 173 Å². The molecule has 1 atom stereocenters. The zero-order chi connectivity index (χ0) is 18.3. The maximum atomic E-state index is 10.8. The van der Waals surface area contributed by atoms with Gasteiger partial charge in [-0.15, -0.1) is 6.58 Å². The first-order valence-corrected chi connectivity index (χ1v) is 8.94. The van der Waals surface area contributed by atoms with Crippen LogP contribution in [0.3, 0.4) is 0 Å². The first kappa shape index (κ1) is 26.8. The van der Waals surface area contributed by atoms with Crippen LogP contribution >= 0.6 is 0 Å². The summed E-state index contributed by atoms with van der Waals surface area (Å²) in [6.45, 7) is 6.42. The maximum absolute atomic E-state index is 10.8. The Balaban J connectivity index is 0. The number of unbranched alkanes of at least 4 members (excludes halogenated alkanes) is 4. The van der Waals surface area contributed by atoms with Crippen LogP contribution in [-0.4, -0.2) is 59.4 Å². The number of aliphatic hydroxyl groups excluding tert-OH is 1. The third-order valence-electron chi connectivity index (χ3n) is 4.40. The van der Waals surface area contributed by atoms with Gasteiger partial charge in [-0.25, -0.2) is 0 Å².